The molecule has 0 aliphatic rings. The van der Waals surface area contributed by atoms with Gasteiger partial charge in [0.25, 0.3) is 5.91 Å². The summed E-state index contributed by atoms with van der Waals surface area (Å²) in [7, 11) is 4.52. The van der Waals surface area contributed by atoms with Crippen LogP contribution in [0.15, 0.2) is 36.4 Å². The number of hydrogen-bond acceptors (Lipinski definition) is 5. The molecule has 2 rings (SSSR count). The van der Waals surface area contributed by atoms with Gasteiger partial charge in [0.15, 0.2) is 11.5 Å². The first kappa shape index (κ1) is 16.2. The molecule has 0 aliphatic heterocycles. The third kappa shape index (κ3) is 3.52. The maximum absolute atomic E-state index is 12.3. The van der Waals surface area contributed by atoms with Crippen molar-refractivity contribution in [1.29, 1.82) is 5.26 Å². The Morgan fingerprint density at radius 3 is 2.00 bits per heavy atom. The number of nitrogens with zero attached hydrogens (tertiary/aromatic N) is 1. The van der Waals surface area contributed by atoms with Gasteiger partial charge in [0, 0.05) is 23.4 Å². The molecule has 6 heteroatoms. The van der Waals surface area contributed by atoms with E-state index < -0.39 is 0 Å². The Bertz CT molecular complexity index is 723. The summed E-state index contributed by atoms with van der Waals surface area (Å²) in [6.07, 6.45) is 0. The first-order valence-corrected chi connectivity index (χ1v) is 6.74. The lowest BCUT2D eigenvalue weighted by molar-refractivity contribution is 0.102. The van der Waals surface area contributed by atoms with Crippen LogP contribution in [0.25, 0.3) is 0 Å². The molecule has 0 unspecified atom stereocenters. The summed E-state index contributed by atoms with van der Waals surface area (Å²) in [5, 5.41) is 11.5. The molecule has 0 aliphatic carbocycles. The second kappa shape index (κ2) is 7.18. The van der Waals surface area contributed by atoms with E-state index in [4.69, 9.17) is 19.5 Å². The molecule has 0 saturated carbocycles. The van der Waals surface area contributed by atoms with Crippen molar-refractivity contribution >= 4 is 11.6 Å². The van der Waals surface area contributed by atoms with Crippen molar-refractivity contribution < 1.29 is 19.0 Å². The second-order valence-electron chi connectivity index (χ2n) is 4.56. The number of carbonyl (C=O) groups is 1. The van der Waals surface area contributed by atoms with Crippen LogP contribution in [0, 0.1) is 11.3 Å². The van der Waals surface area contributed by atoms with Crippen LogP contribution in [0.5, 0.6) is 17.2 Å². The smallest absolute Gasteiger partial charge is 0.255 e. The van der Waals surface area contributed by atoms with E-state index in [1.54, 1.807) is 36.4 Å². The molecule has 0 radical (unpaired) electrons. The highest BCUT2D eigenvalue weighted by atomic mass is 16.5. The minimum absolute atomic E-state index is 0.302. The number of benzene rings is 2. The first-order chi connectivity index (χ1) is 11.1. The fraction of sp³-hybridized carbons (Fsp3) is 0.176. The standard InChI is InChI=1S/C17H16N2O4/c1-21-14-8-13(9-15(22-2)16(14)23-3)19-17(20)12-6-4-11(10-18)5-7-12/h4-9H,1-3H3,(H,19,20). The highest BCUT2D eigenvalue weighted by Gasteiger charge is 2.15. The van der Waals surface area contributed by atoms with Gasteiger partial charge in [0.05, 0.1) is 33.0 Å². The molecule has 0 bridgehead atoms. The zero-order valence-corrected chi connectivity index (χ0v) is 13.0. The minimum atomic E-state index is -0.302. The Morgan fingerprint density at radius 1 is 1.00 bits per heavy atom. The van der Waals surface area contributed by atoms with Crippen molar-refractivity contribution in [3.8, 4) is 23.3 Å². The quantitative estimate of drug-likeness (QED) is 0.918. The van der Waals surface area contributed by atoms with Gasteiger partial charge in [0.1, 0.15) is 0 Å². The third-order valence-electron chi connectivity index (χ3n) is 3.20. The molecule has 6 nitrogen and oxygen atoms in total. The summed E-state index contributed by atoms with van der Waals surface area (Å²) in [5.74, 6) is 1.04. The van der Waals surface area contributed by atoms with E-state index in [-0.39, 0.29) is 5.91 Å². The molecule has 2 aromatic rings. The van der Waals surface area contributed by atoms with Gasteiger partial charge >= 0.3 is 0 Å². The van der Waals surface area contributed by atoms with E-state index in [1.165, 1.54) is 21.3 Å². The molecule has 0 atom stereocenters. The maximum Gasteiger partial charge on any atom is 0.255 e. The first-order valence-electron chi connectivity index (χ1n) is 6.74. The summed E-state index contributed by atoms with van der Waals surface area (Å²) in [4.78, 5) is 12.3. The number of methoxy groups -OCH3 is 3. The van der Waals surface area contributed by atoms with E-state index in [0.717, 1.165) is 0 Å². The molecule has 0 fully saturated rings. The fourth-order valence-corrected chi connectivity index (χ4v) is 2.05. The van der Waals surface area contributed by atoms with Crippen molar-refractivity contribution in [3.05, 3.63) is 47.5 Å². The lowest BCUT2D eigenvalue weighted by Crippen LogP contribution is -2.12. The summed E-state index contributed by atoms with van der Waals surface area (Å²) < 4.78 is 15.7. The zero-order valence-electron chi connectivity index (χ0n) is 13.0. The van der Waals surface area contributed by atoms with Crippen LogP contribution in [0.3, 0.4) is 0 Å². The fourth-order valence-electron chi connectivity index (χ4n) is 2.05. The van der Waals surface area contributed by atoms with E-state index in [9.17, 15) is 4.79 Å². The van der Waals surface area contributed by atoms with E-state index in [2.05, 4.69) is 5.32 Å². The number of amides is 1. The average molecular weight is 312 g/mol. The lowest BCUT2D eigenvalue weighted by Gasteiger charge is -2.14. The summed E-state index contributed by atoms with van der Waals surface area (Å²) in [5.41, 5.74) is 1.45. The molecule has 0 saturated heterocycles. The summed E-state index contributed by atoms with van der Waals surface area (Å²) in [6.45, 7) is 0. The SMILES string of the molecule is COc1cc(NC(=O)c2ccc(C#N)cc2)cc(OC)c1OC. The van der Waals surface area contributed by atoms with E-state index >= 15 is 0 Å². The molecule has 118 valence electrons. The van der Waals surface area contributed by atoms with Gasteiger partial charge in [-0.05, 0) is 24.3 Å². The van der Waals surface area contributed by atoms with E-state index in [1.807, 2.05) is 6.07 Å². The number of carbonyl (C=O) groups excluding carboxylic acids is 1. The molecule has 2 aromatic carbocycles. The van der Waals surface area contributed by atoms with Crippen molar-refractivity contribution in [2.24, 2.45) is 0 Å². The average Bonchev–Trinajstić information content (AvgIpc) is 2.60. The number of anilines is 1. The van der Waals surface area contributed by atoms with Gasteiger partial charge in [-0.1, -0.05) is 0 Å². The molecule has 1 N–H and O–H groups in total. The molecule has 0 aromatic heterocycles. The topological polar surface area (TPSA) is 80.6 Å². The third-order valence-corrected chi connectivity index (χ3v) is 3.20. The van der Waals surface area contributed by atoms with Crippen LogP contribution in [0.4, 0.5) is 5.69 Å². The molecule has 0 spiro atoms. The Balaban J connectivity index is 2.28. The number of nitrogens with one attached hydrogen (secondary N) is 1. The van der Waals surface area contributed by atoms with Crippen LogP contribution >= 0.6 is 0 Å². The Kier molecular flexibility index (Phi) is 5.05. The van der Waals surface area contributed by atoms with Gasteiger partial charge in [-0.25, -0.2) is 0 Å². The predicted molar refractivity (Wildman–Crippen MR) is 85.2 cm³/mol. The molecule has 1 amide bonds. The number of hydrogen-bond donors (Lipinski definition) is 1. The molecular weight excluding hydrogens is 296 g/mol. The monoisotopic (exact) mass is 312 g/mol. The number of rotatable bonds is 5. The summed E-state index contributed by atoms with van der Waals surface area (Å²) in [6, 6.07) is 11.6. The number of nitriles is 1. The summed E-state index contributed by atoms with van der Waals surface area (Å²) >= 11 is 0. The van der Waals surface area contributed by atoms with Gasteiger partial charge in [-0.15, -0.1) is 0 Å². The van der Waals surface area contributed by atoms with Gasteiger partial charge in [-0.2, -0.15) is 5.26 Å². The minimum Gasteiger partial charge on any atom is -0.493 e. The van der Waals surface area contributed by atoms with Crippen molar-refractivity contribution in [2.75, 3.05) is 26.6 Å². The highest BCUT2D eigenvalue weighted by Crippen LogP contribution is 2.39. The Morgan fingerprint density at radius 2 is 1.57 bits per heavy atom. The van der Waals surface area contributed by atoms with Crippen molar-refractivity contribution in [2.45, 2.75) is 0 Å². The number of ether oxygens (including phenoxy) is 3. The van der Waals surface area contributed by atoms with Crippen LogP contribution in [-0.4, -0.2) is 27.2 Å². The molecule has 23 heavy (non-hydrogen) atoms. The van der Waals surface area contributed by atoms with Gasteiger partial charge in [0.2, 0.25) is 5.75 Å². The van der Waals surface area contributed by atoms with Crippen LogP contribution in [0.1, 0.15) is 15.9 Å². The van der Waals surface area contributed by atoms with Crippen molar-refractivity contribution in [3.63, 3.8) is 0 Å². The van der Waals surface area contributed by atoms with E-state index in [0.29, 0.717) is 34.1 Å². The maximum atomic E-state index is 12.3. The van der Waals surface area contributed by atoms with Gasteiger partial charge < -0.3 is 19.5 Å². The lowest BCUT2D eigenvalue weighted by atomic mass is 10.1. The zero-order chi connectivity index (χ0) is 16.8. The van der Waals surface area contributed by atoms with Crippen molar-refractivity contribution in [1.82, 2.24) is 0 Å². The van der Waals surface area contributed by atoms with Gasteiger partial charge in [-0.3, -0.25) is 4.79 Å². The Hall–Kier alpha value is -3.20. The predicted octanol–water partition coefficient (Wildman–Crippen LogP) is 2.84. The normalized spacial score (nSPS) is 9.65. The largest absolute Gasteiger partial charge is 0.493 e. The Labute approximate surface area is 134 Å². The van der Waals surface area contributed by atoms with Crippen LogP contribution in [0.2, 0.25) is 0 Å². The molecule has 0 heterocycles. The highest BCUT2D eigenvalue weighted by molar-refractivity contribution is 6.04. The van der Waals surface area contributed by atoms with Crippen LogP contribution < -0.4 is 19.5 Å². The second-order valence-corrected chi connectivity index (χ2v) is 4.56. The van der Waals surface area contributed by atoms with Crippen LogP contribution in [-0.2, 0) is 0 Å². The molecular formula is C17H16N2O4.